The highest BCUT2D eigenvalue weighted by molar-refractivity contribution is 5.74. The van der Waals surface area contributed by atoms with Gasteiger partial charge in [-0.1, -0.05) is 12.1 Å². The van der Waals surface area contributed by atoms with Crippen LogP contribution in [0.15, 0.2) is 24.3 Å². The van der Waals surface area contributed by atoms with Crippen LogP contribution in [0.1, 0.15) is 18.4 Å². The van der Waals surface area contributed by atoms with Crippen LogP contribution in [0.2, 0.25) is 0 Å². The second-order valence-electron chi connectivity index (χ2n) is 6.00. The molecular formula is C18H28N2O4. The Kier molecular flexibility index (Phi) is 7.85. The van der Waals surface area contributed by atoms with E-state index in [9.17, 15) is 4.79 Å². The van der Waals surface area contributed by atoms with Crippen LogP contribution in [-0.2, 0) is 16.0 Å². The van der Waals surface area contributed by atoms with Crippen LogP contribution in [0.25, 0.3) is 0 Å². The molecule has 1 heterocycles. The third-order valence-corrected chi connectivity index (χ3v) is 4.29. The Morgan fingerprint density at radius 1 is 1.17 bits per heavy atom. The third-order valence-electron chi connectivity index (χ3n) is 4.29. The topological polar surface area (TPSA) is 60.0 Å². The molecule has 0 bridgehead atoms. The SMILES string of the molecule is COCCOCC1CCN(C(=O)NCc2ccc(OC)cc2)CC1. The van der Waals surface area contributed by atoms with Gasteiger partial charge in [0.1, 0.15) is 5.75 Å². The van der Waals surface area contributed by atoms with Crippen LogP contribution in [0.3, 0.4) is 0 Å². The first-order chi connectivity index (χ1) is 11.7. The van der Waals surface area contributed by atoms with E-state index in [1.165, 1.54) is 0 Å². The zero-order valence-electron chi connectivity index (χ0n) is 14.6. The summed E-state index contributed by atoms with van der Waals surface area (Å²) in [5.41, 5.74) is 1.06. The Hall–Kier alpha value is -1.79. The Balaban J connectivity index is 1.65. The monoisotopic (exact) mass is 336 g/mol. The first-order valence-electron chi connectivity index (χ1n) is 8.45. The lowest BCUT2D eigenvalue weighted by molar-refractivity contribution is 0.0381. The van der Waals surface area contributed by atoms with Gasteiger partial charge in [-0.25, -0.2) is 4.79 Å². The number of methoxy groups -OCH3 is 2. The Morgan fingerprint density at radius 3 is 2.50 bits per heavy atom. The Bertz CT molecular complexity index is 484. The van der Waals surface area contributed by atoms with Crippen molar-refractivity contribution in [2.24, 2.45) is 5.92 Å². The van der Waals surface area contributed by atoms with Gasteiger partial charge in [-0.05, 0) is 36.5 Å². The van der Waals surface area contributed by atoms with Crippen molar-refractivity contribution in [3.63, 3.8) is 0 Å². The maximum Gasteiger partial charge on any atom is 0.317 e. The summed E-state index contributed by atoms with van der Waals surface area (Å²) < 4.78 is 15.7. The molecule has 2 amide bonds. The maximum absolute atomic E-state index is 12.2. The van der Waals surface area contributed by atoms with Crippen LogP contribution in [0.4, 0.5) is 4.79 Å². The van der Waals surface area contributed by atoms with Crippen molar-refractivity contribution in [3.8, 4) is 5.75 Å². The summed E-state index contributed by atoms with van der Waals surface area (Å²) in [6.07, 6.45) is 1.98. The quantitative estimate of drug-likeness (QED) is 0.740. The number of hydrogen-bond donors (Lipinski definition) is 1. The summed E-state index contributed by atoms with van der Waals surface area (Å²) in [6, 6.07) is 7.72. The van der Waals surface area contributed by atoms with E-state index in [2.05, 4.69) is 5.32 Å². The summed E-state index contributed by atoms with van der Waals surface area (Å²) in [7, 11) is 3.31. The van der Waals surface area contributed by atoms with Crippen molar-refractivity contribution in [3.05, 3.63) is 29.8 Å². The second kappa shape index (κ2) is 10.2. The molecular weight excluding hydrogens is 308 g/mol. The molecule has 0 unspecified atom stereocenters. The largest absolute Gasteiger partial charge is 0.497 e. The Labute approximate surface area is 144 Å². The van der Waals surface area contributed by atoms with Gasteiger partial charge in [-0.15, -0.1) is 0 Å². The van der Waals surface area contributed by atoms with Gasteiger partial charge in [-0.2, -0.15) is 0 Å². The molecule has 0 radical (unpaired) electrons. The van der Waals surface area contributed by atoms with Gasteiger partial charge in [0, 0.05) is 33.4 Å². The van der Waals surface area contributed by atoms with Crippen molar-refractivity contribution in [2.75, 3.05) is 47.1 Å². The minimum atomic E-state index is 0.00423. The number of likely N-dealkylation sites (tertiary alicyclic amines) is 1. The zero-order valence-corrected chi connectivity index (χ0v) is 14.6. The van der Waals surface area contributed by atoms with Crippen molar-refractivity contribution in [1.29, 1.82) is 0 Å². The minimum absolute atomic E-state index is 0.00423. The van der Waals surface area contributed by atoms with Gasteiger partial charge in [0.25, 0.3) is 0 Å². The van der Waals surface area contributed by atoms with E-state index in [1.54, 1.807) is 14.2 Å². The van der Waals surface area contributed by atoms with E-state index < -0.39 is 0 Å². The highest BCUT2D eigenvalue weighted by atomic mass is 16.5. The van der Waals surface area contributed by atoms with Gasteiger partial charge in [0.15, 0.2) is 0 Å². The van der Waals surface area contributed by atoms with E-state index in [4.69, 9.17) is 14.2 Å². The number of carbonyl (C=O) groups excluding carboxylic acids is 1. The summed E-state index contributed by atoms with van der Waals surface area (Å²) in [4.78, 5) is 14.1. The lowest BCUT2D eigenvalue weighted by Crippen LogP contribution is -2.44. The number of benzene rings is 1. The number of rotatable bonds is 8. The van der Waals surface area contributed by atoms with E-state index in [0.29, 0.717) is 25.7 Å². The van der Waals surface area contributed by atoms with Gasteiger partial charge in [-0.3, -0.25) is 0 Å². The highest BCUT2D eigenvalue weighted by Gasteiger charge is 2.22. The number of hydrogen-bond acceptors (Lipinski definition) is 4. The second-order valence-corrected chi connectivity index (χ2v) is 6.00. The standard InChI is InChI=1S/C18H28N2O4/c1-22-11-12-24-14-16-7-9-20(10-8-16)18(21)19-13-15-3-5-17(23-2)6-4-15/h3-6,16H,7-14H2,1-2H3,(H,19,21). The van der Waals surface area contributed by atoms with Crippen molar-refractivity contribution in [1.82, 2.24) is 10.2 Å². The van der Waals surface area contributed by atoms with Gasteiger partial charge in [0.05, 0.1) is 20.3 Å². The first-order valence-corrected chi connectivity index (χ1v) is 8.45. The minimum Gasteiger partial charge on any atom is -0.497 e. The zero-order chi connectivity index (χ0) is 17.2. The lowest BCUT2D eigenvalue weighted by Gasteiger charge is -2.31. The summed E-state index contributed by atoms with van der Waals surface area (Å²) in [5, 5.41) is 2.98. The number of nitrogens with one attached hydrogen (secondary N) is 1. The first kappa shape index (κ1) is 18.5. The molecule has 1 aliphatic rings. The number of nitrogens with zero attached hydrogens (tertiary/aromatic N) is 1. The molecule has 6 nitrogen and oxygen atoms in total. The predicted octanol–water partition coefficient (Wildman–Crippen LogP) is 2.28. The molecule has 1 aromatic carbocycles. The number of amides is 2. The molecule has 1 N–H and O–H groups in total. The van der Waals surface area contributed by atoms with Crippen molar-refractivity contribution >= 4 is 6.03 Å². The van der Waals surface area contributed by atoms with Crippen LogP contribution in [0.5, 0.6) is 5.75 Å². The molecule has 1 fully saturated rings. The summed E-state index contributed by atoms with van der Waals surface area (Å²) >= 11 is 0. The predicted molar refractivity (Wildman–Crippen MR) is 92.2 cm³/mol. The van der Waals surface area contributed by atoms with Crippen LogP contribution in [0, 0.1) is 5.92 Å². The van der Waals surface area contributed by atoms with Crippen LogP contribution in [-0.4, -0.2) is 58.1 Å². The highest BCUT2D eigenvalue weighted by Crippen LogP contribution is 2.17. The number of urea groups is 1. The Morgan fingerprint density at radius 2 is 1.88 bits per heavy atom. The molecule has 1 saturated heterocycles. The smallest absolute Gasteiger partial charge is 0.317 e. The molecule has 134 valence electrons. The van der Waals surface area contributed by atoms with E-state index >= 15 is 0 Å². The molecule has 0 aromatic heterocycles. The third kappa shape index (κ3) is 6.02. The average molecular weight is 336 g/mol. The van der Waals surface area contributed by atoms with Crippen molar-refractivity contribution in [2.45, 2.75) is 19.4 Å². The molecule has 1 aromatic rings. The summed E-state index contributed by atoms with van der Waals surface area (Å²) in [5.74, 6) is 1.35. The molecule has 24 heavy (non-hydrogen) atoms. The van der Waals surface area contributed by atoms with Crippen molar-refractivity contribution < 1.29 is 19.0 Å². The normalized spacial score (nSPS) is 15.3. The molecule has 0 saturated carbocycles. The maximum atomic E-state index is 12.2. The molecule has 1 aliphatic heterocycles. The molecule has 2 rings (SSSR count). The average Bonchev–Trinajstić information content (AvgIpc) is 2.64. The fourth-order valence-electron chi connectivity index (χ4n) is 2.73. The van der Waals surface area contributed by atoms with Gasteiger partial charge < -0.3 is 24.4 Å². The van der Waals surface area contributed by atoms with Crippen LogP contribution >= 0.6 is 0 Å². The molecule has 0 spiro atoms. The fourth-order valence-corrected chi connectivity index (χ4v) is 2.73. The molecule has 6 heteroatoms. The van der Waals surface area contributed by atoms with Crippen LogP contribution < -0.4 is 10.1 Å². The summed E-state index contributed by atoms with van der Waals surface area (Å²) in [6.45, 7) is 4.12. The number of piperidine rings is 1. The molecule has 0 atom stereocenters. The van der Waals surface area contributed by atoms with Gasteiger partial charge in [0.2, 0.25) is 0 Å². The number of carbonyl (C=O) groups is 1. The fraction of sp³-hybridized carbons (Fsp3) is 0.611. The van der Waals surface area contributed by atoms with E-state index in [0.717, 1.165) is 43.9 Å². The number of ether oxygens (including phenoxy) is 3. The van der Waals surface area contributed by atoms with E-state index in [1.807, 2.05) is 29.2 Å². The van der Waals surface area contributed by atoms with Gasteiger partial charge >= 0.3 is 6.03 Å². The lowest BCUT2D eigenvalue weighted by atomic mass is 9.98. The molecule has 0 aliphatic carbocycles. The van der Waals surface area contributed by atoms with E-state index in [-0.39, 0.29) is 6.03 Å².